The highest BCUT2D eigenvalue weighted by Gasteiger charge is 2.49. The van der Waals surface area contributed by atoms with Crippen LogP contribution >= 0.6 is 8.25 Å². The minimum Gasteiger partial charge on any atom is -0.391 e. The number of ether oxygens (including phenoxy) is 2. The summed E-state index contributed by atoms with van der Waals surface area (Å²) in [6.07, 6.45) is -3.81. The molecule has 6 atom stereocenters. The Bertz CT molecular complexity index is 656. The summed E-state index contributed by atoms with van der Waals surface area (Å²) in [4.78, 5) is 34.0. The second-order valence-electron chi connectivity index (χ2n) is 4.80. The molecule has 1 fully saturated rings. The molecule has 0 radical (unpaired) electrons. The van der Waals surface area contributed by atoms with E-state index in [4.69, 9.17) is 18.9 Å². The van der Waals surface area contributed by atoms with Crippen molar-refractivity contribution in [3.63, 3.8) is 0 Å². The molecule has 0 bridgehead atoms. The van der Waals surface area contributed by atoms with Crippen LogP contribution in [0.25, 0.3) is 0 Å². The quantitative estimate of drug-likeness (QED) is 0.558. The van der Waals surface area contributed by atoms with Crippen molar-refractivity contribution >= 4 is 8.25 Å². The van der Waals surface area contributed by atoms with Gasteiger partial charge in [0.25, 0.3) is 5.56 Å². The van der Waals surface area contributed by atoms with Crippen molar-refractivity contribution in [1.82, 2.24) is 9.55 Å². The number of nitrogens with one attached hydrogen (secondary N) is 1. The van der Waals surface area contributed by atoms with Crippen LogP contribution in [0.5, 0.6) is 0 Å². The van der Waals surface area contributed by atoms with Crippen molar-refractivity contribution < 1.29 is 28.6 Å². The number of nitrogens with zero attached hydrogens (tertiary/aromatic N) is 1. The molecule has 1 saturated heterocycles. The second-order valence-corrected chi connectivity index (χ2v) is 5.57. The minimum atomic E-state index is -3.31. The third-order valence-electron chi connectivity index (χ3n) is 3.34. The predicted octanol–water partition coefficient (Wildman–Crippen LogP) is -1.40. The highest BCUT2D eigenvalue weighted by Crippen LogP contribution is 2.37. The number of hydrogen-bond acceptors (Lipinski definition) is 7. The van der Waals surface area contributed by atoms with Crippen LogP contribution in [-0.2, 0) is 18.6 Å². The van der Waals surface area contributed by atoms with Gasteiger partial charge in [0.15, 0.2) is 6.23 Å². The van der Waals surface area contributed by atoms with Crippen LogP contribution in [0.2, 0.25) is 0 Å². The van der Waals surface area contributed by atoms with E-state index < -0.39 is 50.1 Å². The van der Waals surface area contributed by atoms with Crippen LogP contribution in [0.3, 0.4) is 0 Å². The molecule has 1 aromatic rings. The molecule has 3 N–H and O–H groups in total. The van der Waals surface area contributed by atoms with Gasteiger partial charge in [-0.25, -0.2) is 4.79 Å². The Labute approximate surface area is 125 Å². The van der Waals surface area contributed by atoms with E-state index in [1.165, 1.54) is 20.2 Å². The van der Waals surface area contributed by atoms with Crippen LogP contribution in [-0.4, -0.2) is 51.1 Å². The third-order valence-corrected chi connectivity index (χ3v) is 3.81. The minimum absolute atomic E-state index is 0.575. The fourth-order valence-electron chi connectivity index (χ4n) is 2.41. The van der Waals surface area contributed by atoms with Crippen LogP contribution in [0.4, 0.5) is 0 Å². The van der Waals surface area contributed by atoms with E-state index in [9.17, 15) is 19.3 Å². The Balaban J connectivity index is 2.41. The Hall–Kier alpha value is -1.29. The van der Waals surface area contributed by atoms with E-state index in [0.717, 1.165) is 10.6 Å². The molecule has 0 aromatic carbocycles. The number of H-pyrrole nitrogens is 1. The van der Waals surface area contributed by atoms with E-state index in [0.29, 0.717) is 0 Å². The Morgan fingerprint density at radius 3 is 2.64 bits per heavy atom. The first-order valence-corrected chi connectivity index (χ1v) is 7.69. The van der Waals surface area contributed by atoms with Gasteiger partial charge in [-0.3, -0.25) is 18.9 Å². The van der Waals surface area contributed by atoms with Crippen molar-refractivity contribution in [2.24, 2.45) is 0 Å². The lowest BCUT2D eigenvalue weighted by atomic mass is 10.1. The summed E-state index contributed by atoms with van der Waals surface area (Å²) in [6, 6.07) is 1.12. The third kappa shape index (κ3) is 3.37. The van der Waals surface area contributed by atoms with Gasteiger partial charge < -0.3 is 24.0 Å². The number of aliphatic hydroxyl groups excluding tert-OH is 1. The Morgan fingerprint density at radius 2 is 2.14 bits per heavy atom. The molecule has 2 heterocycles. The zero-order valence-electron chi connectivity index (χ0n) is 11.8. The van der Waals surface area contributed by atoms with Crippen LogP contribution in [0.15, 0.2) is 21.9 Å². The summed E-state index contributed by atoms with van der Waals surface area (Å²) in [5.41, 5.74) is -1.31. The molecule has 1 aliphatic rings. The maximum atomic E-state index is 11.9. The monoisotopic (exact) mass is 336 g/mol. The van der Waals surface area contributed by atoms with Gasteiger partial charge in [-0.15, -0.1) is 0 Å². The lowest BCUT2D eigenvalue weighted by molar-refractivity contribution is -0.0817. The molecular formula is C11H17N2O8P. The summed E-state index contributed by atoms with van der Waals surface area (Å²) in [6.45, 7) is 1.42. The van der Waals surface area contributed by atoms with Gasteiger partial charge in [0.1, 0.15) is 18.3 Å². The fourth-order valence-corrected chi connectivity index (χ4v) is 2.91. The van der Waals surface area contributed by atoms with Crippen molar-refractivity contribution in [3.8, 4) is 0 Å². The lowest BCUT2D eigenvalue weighted by Gasteiger charge is -2.23. The molecule has 0 saturated carbocycles. The van der Waals surface area contributed by atoms with E-state index in [2.05, 4.69) is 4.98 Å². The predicted molar refractivity (Wildman–Crippen MR) is 73.8 cm³/mol. The van der Waals surface area contributed by atoms with Crippen molar-refractivity contribution in [2.75, 3.05) is 7.11 Å². The maximum Gasteiger partial charge on any atom is 0.330 e. The Morgan fingerprint density at radius 1 is 1.45 bits per heavy atom. The van der Waals surface area contributed by atoms with Crippen molar-refractivity contribution in [2.45, 2.75) is 37.6 Å². The summed E-state index contributed by atoms with van der Waals surface area (Å²) in [7, 11) is -2.00. The topological polar surface area (TPSA) is 140 Å². The van der Waals surface area contributed by atoms with Crippen molar-refractivity contribution in [3.05, 3.63) is 33.1 Å². The molecule has 0 spiro atoms. The van der Waals surface area contributed by atoms with Crippen LogP contribution in [0.1, 0.15) is 13.2 Å². The van der Waals surface area contributed by atoms with Gasteiger partial charge in [-0.05, 0) is 6.92 Å². The normalized spacial score (nSPS) is 31.1. The number of aromatic amines is 1. The van der Waals surface area contributed by atoms with Gasteiger partial charge in [-0.1, -0.05) is 0 Å². The van der Waals surface area contributed by atoms with Crippen molar-refractivity contribution in [1.29, 1.82) is 0 Å². The largest absolute Gasteiger partial charge is 0.391 e. The Kier molecular flexibility index (Phi) is 5.32. The highest BCUT2D eigenvalue weighted by atomic mass is 31.1. The number of aliphatic hydroxyl groups is 1. The zero-order valence-corrected chi connectivity index (χ0v) is 12.8. The molecule has 0 amide bonds. The van der Waals surface area contributed by atoms with Gasteiger partial charge in [0, 0.05) is 19.4 Å². The molecule has 3 unspecified atom stereocenters. The summed E-state index contributed by atoms with van der Waals surface area (Å²) in [5.74, 6) is 0. The molecule has 22 heavy (non-hydrogen) atoms. The molecular weight excluding hydrogens is 319 g/mol. The number of aromatic nitrogens is 2. The van der Waals surface area contributed by atoms with E-state index in [1.807, 2.05) is 0 Å². The summed E-state index contributed by atoms with van der Waals surface area (Å²) < 4.78 is 27.7. The van der Waals surface area contributed by atoms with Crippen LogP contribution < -0.4 is 11.2 Å². The first-order chi connectivity index (χ1) is 10.3. The molecule has 124 valence electrons. The SMILES string of the molecule is COC1C(O[PH](=O)O)[C@@H]([C@H](C)O)O[C@H]1n1ccc(=O)[nH]c1=O. The van der Waals surface area contributed by atoms with Gasteiger partial charge in [0.05, 0.1) is 6.10 Å². The average Bonchev–Trinajstić information content (AvgIpc) is 2.76. The van der Waals surface area contributed by atoms with Crippen LogP contribution in [0, 0.1) is 0 Å². The summed E-state index contributed by atoms with van der Waals surface area (Å²) in [5, 5.41) is 9.75. The lowest BCUT2D eigenvalue weighted by Crippen LogP contribution is -2.40. The number of methoxy groups -OCH3 is 1. The first-order valence-electron chi connectivity index (χ1n) is 6.42. The van der Waals surface area contributed by atoms with Gasteiger partial charge in [0.2, 0.25) is 0 Å². The molecule has 0 aliphatic carbocycles. The van der Waals surface area contributed by atoms with E-state index in [1.54, 1.807) is 0 Å². The molecule has 11 heteroatoms. The number of hydrogen-bond donors (Lipinski definition) is 3. The molecule has 2 rings (SSSR count). The molecule has 1 aliphatic heterocycles. The fraction of sp³-hybridized carbons (Fsp3) is 0.636. The molecule has 10 nitrogen and oxygen atoms in total. The summed E-state index contributed by atoms with van der Waals surface area (Å²) >= 11 is 0. The second kappa shape index (κ2) is 6.86. The average molecular weight is 336 g/mol. The highest BCUT2D eigenvalue weighted by molar-refractivity contribution is 7.32. The zero-order chi connectivity index (χ0) is 16.4. The van der Waals surface area contributed by atoms with E-state index in [-0.39, 0.29) is 0 Å². The van der Waals surface area contributed by atoms with Gasteiger partial charge >= 0.3 is 13.9 Å². The first kappa shape index (κ1) is 17.1. The number of rotatable bonds is 5. The molecule has 1 aromatic heterocycles. The maximum absolute atomic E-state index is 11.9. The standard InChI is InChI=1S/C11H17N2O8P/c1-5(14)7-8(21-22(17)18)9(19-2)10(20-7)13-4-3-6(15)12-11(13)16/h3-5,7-10,14,22H,1-2H3,(H,17,18)(H,12,15,16)/t5-,7+,8?,9?,10+/m0/s1. The van der Waals surface area contributed by atoms with Gasteiger partial charge in [-0.2, -0.15) is 0 Å². The smallest absolute Gasteiger partial charge is 0.330 e. The van der Waals surface area contributed by atoms with E-state index >= 15 is 0 Å².